The fraction of sp³-hybridized carbons (Fsp3) is 0.429. The van der Waals surface area contributed by atoms with Crippen LogP contribution in [-0.4, -0.2) is 29.8 Å². The van der Waals surface area contributed by atoms with Crippen molar-refractivity contribution in [2.24, 2.45) is 11.8 Å². The predicted molar refractivity (Wildman–Crippen MR) is 106 cm³/mol. The topological polar surface area (TPSA) is 93.4 Å². The summed E-state index contributed by atoms with van der Waals surface area (Å²) in [6, 6.07) is 11.6. The lowest BCUT2D eigenvalue weighted by Gasteiger charge is -2.26. The summed E-state index contributed by atoms with van der Waals surface area (Å²) in [6.45, 7) is 0.388. The van der Waals surface area contributed by atoms with Gasteiger partial charge in [0.2, 0.25) is 0 Å². The Kier molecular flexibility index (Phi) is 6.34. The third-order valence-corrected chi connectivity index (χ3v) is 7.22. The van der Waals surface area contributed by atoms with E-state index in [1.165, 1.54) is 6.07 Å². The van der Waals surface area contributed by atoms with Crippen LogP contribution in [0.25, 0.3) is 0 Å². The average Bonchev–Trinajstić information content (AvgIpc) is 2.69. The molecule has 28 heavy (non-hydrogen) atoms. The van der Waals surface area contributed by atoms with E-state index >= 15 is 0 Å². The molecule has 2 unspecified atom stereocenters. The van der Waals surface area contributed by atoms with Crippen molar-refractivity contribution in [2.75, 3.05) is 5.75 Å². The van der Waals surface area contributed by atoms with E-state index in [1.54, 1.807) is 47.2 Å². The van der Waals surface area contributed by atoms with Crippen molar-refractivity contribution in [3.8, 4) is 0 Å². The summed E-state index contributed by atoms with van der Waals surface area (Å²) in [7, 11) is -3.41. The predicted octanol–water partition coefficient (Wildman–Crippen LogP) is 2.95. The molecule has 0 aliphatic heterocycles. The summed E-state index contributed by atoms with van der Waals surface area (Å²) in [5.74, 6) is -0.946. The Bertz CT molecular complexity index is 978. The lowest BCUT2D eigenvalue weighted by Crippen LogP contribution is -2.24. The van der Waals surface area contributed by atoms with E-state index in [2.05, 4.69) is 0 Å². The summed E-state index contributed by atoms with van der Waals surface area (Å²) in [4.78, 5) is 23.2. The van der Waals surface area contributed by atoms with Gasteiger partial charge in [0, 0.05) is 12.3 Å². The number of hydrogen-bond donors (Lipinski definition) is 1. The maximum absolute atomic E-state index is 12.6. The second-order valence-corrected chi connectivity index (χ2v) is 9.60. The zero-order valence-corrected chi connectivity index (χ0v) is 16.5. The summed E-state index contributed by atoms with van der Waals surface area (Å²) in [6.07, 6.45) is 5.17. The van der Waals surface area contributed by atoms with Crippen molar-refractivity contribution in [2.45, 2.75) is 43.5 Å². The first kappa shape index (κ1) is 20.3. The van der Waals surface area contributed by atoms with E-state index in [4.69, 9.17) is 0 Å². The summed E-state index contributed by atoms with van der Waals surface area (Å²) in [5.41, 5.74) is 0.746. The third kappa shape index (κ3) is 5.10. The Balaban J connectivity index is 1.61. The van der Waals surface area contributed by atoms with Gasteiger partial charge >= 0.3 is 5.97 Å². The zero-order valence-electron chi connectivity index (χ0n) is 15.7. The first-order chi connectivity index (χ1) is 13.3. The fourth-order valence-corrected chi connectivity index (χ4v) is 5.24. The van der Waals surface area contributed by atoms with Crippen LogP contribution in [0.15, 0.2) is 58.4 Å². The minimum Gasteiger partial charge on any atom is -0.481 e. The lowest BCUT2D eigenvalue weighted by atomic mass is 9.80. The van der Waals surface area contributed by atoms with Crippen LogP contribution in [-0.2, 0) is 21.2 Å². The molecule has 0 radical (unpaired) electrons. The second kappa shape index (κ2) is 8.73. The molecular weight excluding hydrogens is 378 g/mol. The van der Waals surface area contributed by atoms with Crippen LogP contribution in [0.4, 0.5) is 0 Å². The fourth-order valence-electron chi connectivity index (χ4n) is 3.81. The Labute approximate surface area is 164 Å². The van der Waals surface area contributed by atoms with Gasteiger partial charge in [-0.3, -0.25) is 9.59 Å². The standard InChI is InChI=1S/C21H25NO5S/c23-20-6-1-2-12-22(20)15-17-7-9-19(10-8-17)28(26,27)13-11-16-4-3-5-18(14-16)21(24)25/h1-2,6-10,12,16,18H,3-5,11,13-15H2,(H,24,25). The molecule has 1 saturated carbocycles. The van der Waals surface area contributed by atoms with Crippen LogP contribution in [0, 0.1) is 11.8 Å². The number of rotatable bonds is 7. The highest BCUT2D eigenvalue weighted by Crippen LogP contribution is 2.32. The Hall–Kier alpha value is -2.41. The van der Waals surface area contributed by atoms with Crippen molar-refractivity contribution in [3.05, 3.63) is 64.6 Å². The molecule has 0 amide bonds. The molecule has 1 aromatic heterocycles. The number of aromatic nitrogens is 1. The molecule has 2 aromatic rings. The average molecular weight is 404 g/mol. The Morgan fingerprint density at radius 3 is 2.54 bits per heavy atom. The number of sulfone groups is 1. The molecule has 2 atom stereocenters. The lowest BCUT2D eigenvalue weighted by molar-refractivity contribution is -0.143. The van der Waals surface area contributed by atoms with Gasteiger partial charge in [0.25, 0.3) is 5.56 Å². The summed E-state index contributed by atoms with van der Waals surface area (Å²) in [5, 5.41) is 9.17. The van der Waals surface area contributed by atoms with Gasteiger partial charge in [0.05, 0.1) is 23.1 Å². The first-order valence-electron chi connectivity index (χ1n) is 9.55. The highest BCUT2D eigenvalue weighted by atomic mass is 32.2. The number of carbonyl (C=O) groups is 1. The van der Waals surface area contributed by atoms with Crippen LogP contribution in [0.5, 0.6) is 0 Å². The molecule has 1 aliphatic rings. The SMILES string of the molecule is O=C(O)C1CCCC(CCS(=O)(=O)c2ccc(Cn3ccccc3=O)cc2)C1. The van der Waals surface area contributed by atoms with Gasteiger partial charge in [-0.1, -0.05) is 31.0 Å². The van der Waals surface area contributed by atoms with Gasteiger partial charge in [-0.2, -0.15) is 0 Å². The van der Waals surface area contributed by atoms with Gasteiger partial charge in [-0.25, -0.2) is 8.42 Å². The monoisotopic (exact) mass is 403 g/mol. The molecule has 6 nitrogen and oxygen atoms in total. The molecule has 1 aliphatic carbocycles. The smallest absolute Gasteiger partial charge is 0.306 e. The third-order valence-electron chi connectivity index (χ3n) is 5.46. The maximum atomic E-state index is 12.6. The number of carboxylic acids is 1. The van der Waals surface area contributed by atoms with Gasteiger partial charge < -0.3 is 9.67 Å². The van der Waals surface area contributed by atoms with Crippen molar-refractivity contribution in [1.29, 1.82) is 0 Å². The Morgan fingerprint density at radius 1 is 1.11 bits per heavy atom. The van der Waals surface area contributed by atoms with Gasteiger partial charge in [0.1, 0.15) is 0 Å². The van der Waals surface area contributed by atoms with Crippen LogP contribution >= 0.6 is 0 Å². The maximum Gasteiger partial charge on any atom is 0.306 e. The zero-order chi connectivity index (χ0) is 20.1. The molecule has 0 bridgehead atoms. The van der Waals surface area contributed by atoms with Crippen LogP contribution in [0.2, 0.25) is 0 Å². The molecule has 1 fully saturated rings. The molecule has 3 rings (SSSR count). The van der Waals surface area contributed by atoms with Crippen molar-refractivity contribution < 1.29 is 18.3 Å². The van der Waals surface area contributed by atoms with E-state index in [1.807, 2.05) is 0 Å². The first-order valence-corrected chi connectivity index (χ1v) is 11.2. The molecule has 1 N–H and O–H groups in total. The van der Waals surface area contributed by atoms with E-state index in [0.29, 0.717) is 25.8 Å². The Morgan fingerprint density at radius 2 is 1.86 bits per heavy atom. The number of pyridine rings is 1. The molecule has 0 spiro atoms. The molecule has 0 saturated heterocycles. The number of carboxylic acid groups (broad SMARTS) is 1. The molecule has 7 heteroatoms. The normalized spacial score (nSPS) is 20.0. The highest BCUT2D eigenvalue weighted by molar-refractivity contribution is 7.91. The second-order valence-electron chi connectivity index (χ2n) is 7.49. The van der Waals surface area contributed by atoms with Crippen LogP contribution < -0.4 is 5.56 Å². The molecular formula is C21H25NO5S. The molecule has 1 heterocycles. The van der Waals surface area contributed by atoms with E-state index in [0.717, 1.165) is 18.4 Å². The minimum atomic E-state index is -3.41. The van der Waals surface area contributed by atoms with Crippen LogP contribution in [0.1, 0.15) is 37.7 Å². The minimum absolute atomic E-state index is 0.0293. The van der Waals surface area contributed by atoms with Crippen molar-refractivity contribution >= 4 is 15.8 Å². The van der Waals surface area contributed by atoms with E-state index in [-0.39, 0.29) is 28.0 Å². The largest absolute Gasteiger partial charge is 0.481 e. The number of nitrogens with zero attached hydrogens (tertiary/aromatic N) is 1. The number of aliphatic carboxylic acids is 1. The summed E-state index contributed by atoms with van der Waals surface area (Å²) >= 11 is 0. The van der Waals surface area contributed by atoms with Crippen molar-refractivity contribution in [1.82, 2.24) is 4.57 Å². The quantitative estimate of drug-likeness (QED) is 0.767. The van der Waals surface area contributed by atoms with Gasteiger partial charge in [0.15, 0.2) is 9.84 Å². The van der Waals surface area contributed by atoms with Gasteiger partial charge in [-0.05, 0) is 48.9 Å². The number of benzene rings is 1. The van der Waals surface area contributed by atoms with Crippen molar-refractivity contribution in [3.63, 3.8) is 0 Å². The van der Waals surface area contributed by atoms with Gasteiger partial charge in [-0.15, -0.1) is 0 Å². The van der Waals surface area contributed by atoms with E-state index in [9.17, 15) is 23.1 Å². The van der Waals surface area contributed by atoms with Crippen LogP contribution in [0.3, 0.4) is 0 Å². The molecule has 1 aromatic carbocycles. The molecule has 150 valence electrons. The number of hydrogen-bond acceptors (Lipinski definition) is 4. The van der Waals surface area contributed by atoms with E-state index < -0.39 is 15.8 Å². The highest BCUT2D eigenvalue weighted by Gasteiger charge is 2.28. The summed E-state index contributed by atoms with van der Waals surface area (Å²) < 4.78 is 26.8.